The van der Waals surface area contributed by atoms with Crippen LogP contribution in [0.4, 0.5) is 4.39 Å². The van der Waals surface area contributed by atoms with Gasteiger partial charge in [-0.05, 0) is 62.5 Å². The maximum atomic E-state index is 13.2. The van der Waals surface area contributed by atoms with Crippen LogP contribution in [-0.2, 0) is 0 Å². The van der Waals surface area contributed by atoms with E-state index in [0.29, 0.717) is 12.0 Å². The van der Waals surface area contributed by atoms with E-state index in [2.05, 4.69) is 25.0 Å². The van der Waals surface area contributed by atoms with E-state index in [1.54, 1.807) is 11.8 Å². The summed E-state index contributed by atoms with van der Waals surface area (Å²) in [5, 5.41) is 11.1. The molecule has 0 amide bonds. The quantitative estimate of drug-likeness (QED) is 0.882. The summed E-state index contributed by atoms with van der Waals surface area (Å²) in [5.41, 5.74) is 1.13. The molecule has 0 aromatic heterocycles. The number of halogens is 1. The maximum absolute atomic E-state index is 13.2. The summed E-state index contributed by atoms with van der Waals surface area (Å²) in [5.74, 6) is 0.412. The molecule has 3 rings (SSSR count). The van der Waals surface area contributed by atoms with Gasteiger partial charge < -0.3 is 5.11 Å². The normalized spacial score (nSPS) is 39.5. The number of fused-ring (bicyclic) bond motifs is 1. The molecule has 5 atom stereocenters. The van der Waals surface area contributed by atoms with Crippen molar-refractivity contribution in [3.8, 4) is 0 Å². The molecule has 1 N–H and O–H groups in total. The van der Waals surface area contributed by atoms with Crippen molar-refractivity contribution in [1.82, 2.24) is 4.90 Å². The Balaban J connectivity index is 1.94. The van der Waals surface area contributed by atoms with Crippen LogP contribution in [0.5, 0.6) is 0 Å². The predicted molar refractivity (Wildman–Crippen MR) is 90.3 cm³/mol. The molecular weight excluding hydrogens is 297 g/mol. The monoisotopic (exact) mass is 323 g/mol. The third-order valence-corrected chi connectivity index (χ3v) is 7.13. The summed E-state index contributed by atoms with van der Waals surface area (Å²) < 4.78 is 13.1. The zero-order valence-corrected chi connectivity index (χ0v) is 14.4. The Kier molecular flexibility index (Phi) is 4.54. The number of aliphatic hydroxyl groups is 1. The van der Waals surface area contributed by atoms with E-state index in [-0.39, 0.29) is 16.6 Å². The minimum atomic E-state index is -0.445. The number of hydrogen-bond donors (Lipinski definition) is 1. The van der Waals surface area contributed by atoms with Gasteiger partial charge in [0.15, 0.2) is 0 Å². The lowest BCUT2D eigenvalue weighted by Crippen LogP contribution is -2.61. The molecular formula is C18H26FNOS. The Morgan fingerprint density at radius 2 is 1.91 bits per heavy atom. The van der Waals surface area contributed by atoms with Crippen LogP contribution < -0.4 is 0 Å². The van der Waals surface area contributed by atoms with Crippen molar-refractivity contribution in [1.29, 1.82) is 0 Å². The van der Waals surface area contributed by atoms with Crippen molar-refractivity contribution in [3.05, 3.63) is 35.6 Å². The van der Waals surface area contributed by atoms with Gasteiger partial charge in [0.05, 0.1) is 4.75 Å². The van der Waals surface area contributed by atoms with Crippen LogP contribution >= 0.6 is 11.8 Å². The third-order valence-electron chi connectivity index (χ3n) is 5.78. The highest BCUT2D eigenvalue weighted by molar-refractivity contribution is 8.00. The first-order chi connectivity index (χ1) is 10.5. The number of rotatable bonds is 2. The summed E-state index contributed by atoms with van der Waals surface area (Å²) in [6, 6.07) is 7.46. The molecule has 0 radical (unpaired) electrons. The molecule has 122 valence electrons. The van der Waals surface area contributed by atoms with Gasteiger partial charge in [0.25, 0.3) is 0 Å². The molecule has 0 saturated carbocycles. The SMILES string of the molecule is CS[C@]1(C)CC[C@@H]2[C@@H](C)CC[C@H](c3ccc(F)cc3)N2[C@H]1O. The van der Waals surface area contributed by atoms with Gasteiger partial charge in [-0.3, -0.25) is 4.90 Å². The Hall–Kier alpha value is -0.580. The Labute approximate surface area is 137 Å². The van der Waals surface area contributed by atoms with E-state index in [4.69, 9.17) is 0 Å². The molecule has 1 aromatic carbocycles. The van der Waals surface area contributed by atoms with Gasteiger partial charge in [-0.15, -0.1) is 0 Å². The first-order valence-electron chi connectivity index (χ1n) is 8.22. The van der Waals surface area contributed by atoms with Crippen LogP contribution in [0.3, 0.4) is 0 Å². The molecule has 4 heteroatoms. The van der Waals surface area contributed by atoms with Crippen LogP contribution in [0.15, 0.2) is 24.3 Å². The number of benzene rings is 1. The lowest BCUT2D eigenvalue weighted by Gasteiger charge is -2.56. The first-order valence-corrected chi connectivity index (χ1v) is 9.45. The predicted octanol–water partition coefficient (Wildman–Crippen LogP) is 4.20. The average molecular weight is 323 g/mol. The topological polar surface area (TPSA) is 23.5 Å². The minimum absolute atomic E-state index is 0.119. The fourth-order valence-corrected chi connectivity index (χ4v) is 4.84. The molecule has 22 heavy (non-hydrogen) atoms. The van der Waals surface area contributed by atoms with Crippen molar-refractivity contribution in [2.75, 3.05) is 6.26 Å². The molecule has 2 saturated heterocycles. The van der Waals surface area contributed by atoms with Crippen LogP contribution in [0.1, 0.15) is 51.1 Å². The molecule has 2 aliphatic rings. The van der Waals surface area contributed by atoms with E-state index in [1.165, 1.54) is 18.6 Å². The van der Waals surface area contributed by atoms with Crippen LogP contribution in [0.25, 0.3) is 0 Å². The molecule has 2 aliphatic heterocycles. The zero-order chi connectivity index (χ0) is 15.9. The van der Waals surface area contributed by atoms with Crippen molar-refractivity contribution >= 4 is 11.8 Å². The number of aliphatic hydroxyl groups excluding tert-OH is 1. The van der Waals surface area contributed by atoms with Gasteiger partial charge in [-0.2, -0.15) is 11.8 Å². The Bertz CT molecular complexity index is 522. The molecule has 2 nitrogen and oxygen atoms in total. The Morgan fingerprint density at radius 1 is 1.23 bits per heavy atom. The summed E-state index contributed by atoms with van der Waals surface area (Å²) in [7, 11) is 0. The number of piperidine rings is 2. The molecule has 2 fully saturated rings. The van der Waals surface area contributed by atoms with Crippen molar-refractivity contribution in [2.24, 2.45) is 5.92 Å². The fraction of sp³-hybridized carbons (Fsp3) is 0.667. The van der Waals surface area contributed by atoms with Gasteiger partial charge >= 0.3 is 0 Å². The van der Waals surface area contributed by atoms with Crippen LogP contribution in [0.2, 0.25) is 0 Å². The fourth-order valence-electron chi connectivity index (χ4n) is 4.18. The van der Waals surface area contributed by atoms with Gasteiger partial charge in [0.2, 0.25) is 0 Å². The molecule has 2 heterocycles. The average Bonchev–Trinajstić information content (AvgIpc) is 2.52. The number of nitrogens with zero attached hydrogens (tertiary/aromatic N) is 1. The molecule has 1 aromatic rings. The lowest BCUT2D eigenvalue weighted by atomic mass is 9.77. The molecule has 0 unspecified atom stereocenters. The van der Waals surface area contributed by atoms with Crippen LogP contribution in [0, 0.1) is 11.7 Å². The number of hydrogen-bond acceptors (Lipinski definition) is 3. The van der Waals surface area contributed by atoms with E-state index in [1.807, 2.05) is 12.1 Å². The van der Waals surface area contributed by atoms with Crippen molar-refractivity contribution < 1.29 is 9.50 Å². The van der Waals surface area contributed by atoms with Gasteiger partial charge in [-0.1, -0.05) is 19.1 Å². The van der Waals surface area contributed by atoms with Crippen molar-refractivity contribution in [2.45, 2.75) is 62.6 Å². The second-order valence-electron chi connectivity index (χ2n) is 7.07. The zero-order valence-electron chi connectivity index (χ0n) is 13.6. The summed E-state index contributed by atoms with van der Waals surface area (Å²) in [6.45, 7) is 4.46. The first kappa shape index (κ1) is 16.3. The van der Waals surface area contributed by atoms with E-state index in [9.17, 15) is 9.50 Å². The van der Waals surface area contributed by atoms with E-state index >= 15 is 0 Å². The standard InChI is InChI=1S/C18H26FNOS/c1-12-4-9-16(13-5-7-14(19)8-6-13)20-15(12)10-11-18(2,22-3)17(20)21/h5-8,12,15-17,21H,4,9-11H2,1-3H3/t12-,15+,16+,17-,18+/m0/s1. The highest BCUT2D eigenvalue weighted by atomic mass is 32.2. The summed E-state index contributed by atoms with van der Waals surface area (Å²) >= 11 is 1.76. The largest absolute Gasteiger partial charge is 0.377 e. The minimum Gasteiger partial charge on any atom is -0.377 e. The maximum Gasteiger partial charge on any atom is 0.123 e. The van der Waals surface area contributed by atoms with Crippen LogP contribution in [-0.4, -0.2) is 33.3 Å². The third kappa shape index (κ3) is 2.70. The highest BCUT2D eigenvalue weighted by Gasteiger charge is 2.49. The summed E-state index contributed by atoms with van der Waals surface area (Å²) in [4.78, 5) is 2.32. The molecule has 0 aliphatic carbocycles. The molecule has 0 bridgehead atoms. The number of thioether (sulfide) groups is 1. The Morgan fingerprint density at radius 3 is 2.55 bits per heavy atom. The van der Waals surface area contributed by atoms with Crippen molar-refractivity contribution in [3.63, 3.8) is 0 Å². The van der Waals surface area contributed by atoms with Gasteiger partial charge in [0.1, 0.15) is 12.0 Å². The molecule has 0 spiro atoms. The van der Waals surface area contributed by atoms with Gasteiger partial charge in [-0.25, -0.2) is 4.39 Å². The van der Waals surface area contributed by atoms with E-state index < -0.39 is 6.23 Å². The summed E-state index contributed by atoms with van der Waals surface area (Å²) in [6.07, 6.45) is 6.03. The lowest BCUT2D eigenvalue weighted by molar-refractivity contribution is -0.132. The second kappa shape index (κ2) is 6.14. The second-order valence-corrected chi connectivity index (χ2v) is 8.41. The van der Waals surface area contributed by atoms with Gasteiger partial charge in [0, 0.05) is 12.1 Å². The smallest absolute Gasteiger partial charge is 0.123 e. The highest BCUT2D eigenvalue weighted by Crippen LogP contribution is 2.48. The van der Waals surface area contributed by atoms with E-state index in [0.717, 1.165) is 24.8 Å².